The van der Waals surface area contributed by atoms with Gasteiger partial charge < -0.3 is 20.2 Å². The predicted molar refractivity (Wildman–Crippen MR) is 126 cm³/mol. The van der Waals surface area contributed by atoms with Crippen LogP contribution >= 0.6 is 0 Å². The fraction of sp³-hybridized carbons (Fsp3) is 0.0769. The summed E-state index contributed by atoms with van der Waals surface area (Å²) in [6.45, 7) is 2.85. The maximum Gasteiger partial charge on any atom is 2.00 e. The van der Waals surface area contributed by atoms with Crippen molar-refractivity contribution in [2.45, 2.75) is 13.8 Å². The van der Waals surface area contributed by atoms with Crippen LogP contribution in [0.3, 0.4) is 0 Å². The van der Waals surface area contributed by atoms with Crippen molar-refractivity contribution in [3.63, 3.8) is 0 Å². The minimum absolute atomic E-state index is 0. The van der Waals surface area contributed by atoms with Crippen LogP contribution in [0.5, 0.6) is 0 Å². The van der Waals surface area contributed by atoms with Gasteiger partial charge in [0.1, 0.15) is 0 Å². The van der Waals surface area contributed by atoms with E-state index in [2.05, 4.69) is 10.6 Å². The van der Waals surface area contributed by atoms with Gasteiger partial charge in [0.25, 0.3) is 0 Å². The molecule has 0 atom stereocenters. The molecule has 0 bridgehead atoms. The first-order valence-corrected chi connectivity index (χ1v) is 10.1. The van der Waals surface area contributed by atoms with Gasteiger partial charge in [-0.25, -0.2) is 9.97 Å². The van der Waals surface area contributed by atoms with E-state index in [4.69, 9.17) is 9.97 Å². The molecule has 0 radical (unpaired) electrons. The second kappa shape index (κ2) is 10.8. The Kier molecular flexibility index (Phi) is 7.86. The van der Waals surface area contributed by atoms with Gasteiger partial charge in [-0.15, -0.1) is 11.4 Å². The van der Waals surface area contributed by atoms with E-state index in [1.54, 1.807) is 12.1 Å². The van der Waals surface area contributed by atoms with E-state index in [-0.39, 0.29) is 32.9 Å². The molecule has 0 aliphatic heterocycles. The van der Waals surface area contributed by atoms with Gasteiger partial charge in [0.05, 0.1) is 34.6 Å². The van der Waals surface area contributed by atoms with E-state index in [1.807, 2.05) is 72.8 Å². The third-order valence-corrected chi connectivity index (χ3v) is 4.68. The molecule has 33 heavy (non-hydrogen) atoms. The van der Waals surface area contributed by atoms with E-state index in [0.717, 1.165) is 11.1 Å². The number of carbonyl (C=O) groups is 2. The third kappa shape index (κ3) is 5.79. The van der Waals surface area contributed by atoms with Gasteiger partial charge in [-0.2, -0.15) is 0 Å². The van der Waals surface area contributed by atoms with Gasteiger partial charge in [0, 0.05) is 0 Å². The molecule has 0 saturated carbocycles. The van der Waals surface area contributed by atoms with Crippen LogP contribution in [0.2, 0.25) is 0 Å². The number of aromatic nitrogens is 2. The van der Waals surface area contributed by atoms with Crippen molar-refractivity contribution in [3.8, 4) is 33.9 Å². The van der Waals surface area contributed by atoms with Crippen LogP contribution in [-0.2, 0) is 30.7 Å². The van der Waals surface area contributed by atoms with Gasteiger partial charge in [0.2, 0.25) is 0 Å². The van der Waals surface area contributed by atoms with Crippen molar-refractivity contribution in [1.82, 2.24) is 9.97 Å². The van der Waals surface area contributed by atoms with Crippen LogP contribution in [0.25, 0.3) is 44.5 Å². The smallest absolute Gasteiger partial charge is 0.627 e. The average molecular weight is 616 g/mol. The summed E-state index contributed by atoms with van der Waals surface area (Å²) in [6.07, 6.45) is 0. The van der Waals surface area contributed by atoms with E-state index in [1.165, 1.54) is 13.8 Å². The molecule has 0 saturated heterocycles. The maximum absolute atomic E-state index is 11.5. The van der Waals surface area contributed by atoms with Crippen molar-refractivity contribution in [3.05, 3.63) is 95.6 Å². The Morgan fingerprint density at radius 2 is 0.909 bits per heavy atom. The number of pyridine rings is 2. The monoisotopic (exact) mass is 615 g/mol. The molecule has 2 aromatic heterocycles. The summed E-state index contributed by atoms with van der Waals surface area (Å²) in [5.41, 5.74) is 5.45. The van der Waals surface area contributed by atoms with Gasteiger partial charge in [-0.1, -0.05) is 60.7 Å². The van der Waals surface area contributed by atoms with Crippen LogP contribution in [0.15, 0.2) is 84.9 Å². The molecule has 0 fully saturated rings. The molecule has 0 unspecified atom stereocenters. The van der Waals surface area contributed by atoms with Crippen LogP contribution in [0.1, 0.15) is 13.8 Å². The number of nitrogens with zero attached hydrogens (tertiary/aromatic N) is 4. The molecule has 166 valence electrons. The zero-order chi connectivity index (χ0) is 22.5. The Labute approximate surface area is 206 Å². The average Bonchev–Trinajstić information content (AvgIpc) is 2.79. The molecule has 4 aromatic rings. The first-order valence-electron chi connectivity index (χ1n) is 10.1. The quantitative estimate of drug-likeness (QED) is 0.254. The summed E-state index contributed by atoms with van der Waals surface area (Å²) in [7, 11) is 0. The third-order valence-electron chi connectivity index (χ3n) is 4.68. The zero-order valence-corrected chi connectivity index (χ0v) is 20.3. The summed E-state index contributed by atoms with van der Waals surface area (Å²) in [4.78, 5) is 32.6. The summed E-state index contributed by atoms with van der Waals surface area (Å²) >= 11 is 0. The minimum Gasteiger partial charge on any atom is -0.627 e. The second-order valence-corrected chi connectivity index (χ2v) is 7.11. The predicted octanol–water partition coefficient (Wildman–Crippen LogP) is 6.58. The van der Waals surface area contributed by atoms with Crippen molar-refractivity contribution in [2.75, 3.05) is 0 Å². The fourth-order valence-corrected chi connectivity index (χ4v) is 3.37. The Hall–Kier alpha value is -3.63. The zero-order valence-electron chi connectivity index (χ0n) is 18.0. The van der Waals surface area contributed by atoms with E-state index < -0.39 is 0 Å². The summed E-state index contributed by atoms with van der Waals surface area (Å²) in [5.74, 6) is -0.532. The second-order valence-electron chi connectivity index (χ2n) is 7.11. The van der Waals surface area contributed by atoms with Crippen LogP contribution < -0.4 is 0 Å². The number of benzene rings is 2. The normalized spacial score (nSPS) is 10.1. The van der Waals surface area contributed by atoms with Crippen molar-refractivity contribution in [1.29, 1.82) is 0 Å². The summed E-state index contributed by atoms with van der Waals surface area (Å²) in [6, 6.07) is 26.1. The molecule has 0 aliphatic rings. The molecular weight excluding hydrogens is 595 g/mol. The van der Waals surface area contributed by atoms with Crippen molar-refractivity contribution >= 4 is 23.2 Å². The molecule has 4 rings (SSSR count). The summed E-state index contributed by atoms with van der Waals surface area (Å²) < 4.78 is 0. The molecule has 0 N–H and O–H groups in total. The van der Waals surface area contributed by atoms with Gasteiger partial charge >= 0.3 is 21.1 Å². The molecule has 2 heterocycles. The van der Waals surface area contributed by atoms with Crippen molar-refractivity contribution in [2.24, 2.45) is 0 Å². The molecule has 6 nitrogen and oxygen atoms in total. The topological polar surface area (TPSA) is 88.1 Å². The van der Waals surface area contributed by atoms with Gasteiger partial charge in [0.15, 0.2) is 0 Å². The first-order chi connectivity index (χ1) is 15.5. The molecule has 2 amide bonds. The molecule has 2 aromatic carbocycles. The molecule has 7 heteroatoms. The van der Waals surface area contributed by atoms with Crippen LogP contribution in [0, 0.1) is 0 Å². The van der Waals surface area contributed by atoms with E-state index >= 15 is 0 Å². The van der Waals surface area contributed by atoms with E-state index in [9.17, 15) is 9.59 Å². The Bertz CT molecular complexity index is 1210. The Morgan fingerprint density at radius 1 is 0.545 bits per heavy atom. The largest absolute Gasteiger partial charge is 2.00 e. The van der Waals surface area contributed by atoms with Crippen molar-refractivity contribution < 1.29 is 30.7 Å². The Morgan fingerprint density at radius 3 is 1.30 bits per heavy atom. The number of hydrogen-bond acceptors (Lipinski definition) is 4. The number of carbonyl (C=O) groups excluding carboxylic acids is 2. The number of para-hydroxylation sites is 2. The number of hydrogen-bond donors (Lipinski definition) is 0. The standard InChI is InChI=1S/C26H22N4O2.Pt/c1-17(31)27-21-11-5-3-9-19(21)23-13-7-15-25(29-23)26-16-8-14-24(30-26)20-10-4-6-12-22(20)28-18(2)32;/h3-16H,1-2H3,(H2,27,28,29,30,31,32);/q;+2/p-2. The van der Waals surface area contributed by atoms with Gasteiger partial charge in [-0.3, -0.25) is 0 Å². The first kappa shape index (κ1) is 24.0. The fourth-order valence-electron chi connectivity index (χ4n) is 3.37. The number of rotatable bonds is 5. The molecule has 0 aliphatic carbocycles. The summed E-state index contributed by atoms with van der Waals surface area (Å²) in [5, 5.41) is 8.19. The molecule has 0 spiro atoms. The Balaban J connectivity index is 0.00000306. The SMILES string of the molecule is CC(=O)[N-]c1ccccc1-c1cccc(-c2cccc(-c3ccccc3[N-]C(C)=O)n2)n1.[Pt+2]. The van der Waals surface area contributed by atoms with E-state index in [0.29, 0.717) is 34.2 Å². The van der Waals surface area contributed by atoms with Gasteiger partial charge in [-0.05, 0) is 49.2 Å². The number of amides is 2. The van der Waals surface area contributed by atoms with Crippen LogP contribution in [-0.4, -0.2) is 21.8 Å². The van der Waals surface area contributed by atoms with Crippen LogP contribution in [0.4, 0.5) is 11.4 Å². The minimum atomic E-state index is -0.266. The maximum atomic E-state index is 11.5. The molecular formula is C26H20N4O2Pt.